The molecule has 2 heterocycles. The second-order valence-electron chi connectivity index (χ2n) is 3.45. The fraction of sp³-hybridized carbons (Fsp3) is 0.300. The fourth-order valence-electron chi connectivity index (χ4n) is 1.48. The molecule has 2 aromatic rings. The van der Waals surface area contributed by atoms with E-state index in [-0.39, 0.29) is 5.82 Å². The summed E-state index contributed by atoms with van der Waals surface area (Å²) in [5, 5.41) is -0.449. The van der Waals surface area contributed by atoms with Gasteiger partial charge in [-0.3, -0.25) is 4.57 Å². The van der Waals surface area contributed by atoms with Gasteiger partial charge in [0.1, 0.15) is 11.6 Å². The standard InChI is InChI=1S/C10H8ClF3N4/c1-2-7-15-3-4-18(7)8-5-6(10(12,13)14)16-9(11)17-8/h3-5H,2H2,1H3. The number of imidazole rings is 1. The molecule has 0 radical (unpaired) electrons. The van der Waals surface area contributed by atoms with Crippen LogP contribution in [0.3, 0.4) is 0 Å². The molecule has 0 amide bonds. The minimum Gasteiger partial charge on any atom is -0.288 e. The lowest BCUT2D eigenvalue weighted by Gasteiger charge is -2.10. The van der Waals surface area contributed by atoms with E-state index in [0.29, 0.717) is 12.2 Å². The first-order chi connectivity index (χ1) is 8.41. The van der Waals surface area contributed by atoms with Crippen molar-refractivity contribution in [1.82, 2.24) is 19.5 Å². The van der Waals surface area contributed by atoms with Gasteiger partial charge in [-0.1, -0.05) is 6.92 Å². The molecule has 0 aliphatic rings. The molecule has 0 atom stereocenters. The smallest absolute Gasteiger partial charge is 0.288 e. The van der Waals surface area contributed by atoms with E-state index in [1.165, 1.54) is 17.0 Å². The zero-order valence-electron chi connectivity index (χ0n) is 9.24. The summed E-state index contributed by atoms with van der Waals surface area (Å²) in [5.41, 5.74) is -1.08. The number of halogens is 4. The highest BCUT2D eigenvalue weighted by molar-refractivity contribution is 6.28. The molecule has 0 unspecified atom stereocenters. The van der Waals surface area contributed by atoms with Crippen LogP contribution in [0.15, 0.2) is 18.5 Å². The molecule has 0 bridgehead atoms. The maximum atomic E-state index is 12.6. The molecule has 96 valence electrons. The number of rotatable bonds is 2. The van der Waals surface area contributed by atoms with Gasteiger partial charge in [0.2, 0.25) is 5.28 Å². The predicted octanol–water partition coefficient (Wildman–Crippen LogP) is 2.90. The Morgan fingerprint density at radius 2 is 2.06 bits per heavy atom. The first-order valence-electron chi connectivity index (χ1n) is 5.06. The van der Waals surface area contributed by atoms with E-state index in [1.807, 2.05) is 6.92 Å². The summed E-state index contributed by atoms with van der Waals surface area (Å²) >= 11 is 5.51. The Hall–Kier alpha value is -1.63. The van der Waals surface area contributed by atoms with Crippen molar-refractivity contribution < 1.29 is 13.2 Å². The van der Waals surface area contributed by atoms with Gasteiger partial charge in [-0.15, -0.1) is 0 Å². The molecular weight excluding hydrogens is 269 g/mol. The Kier molecular flexibility index (Phi) is 3.25. The number of aromatic nitrogens is 4. The van der Waals surface area contributed by atoms with Gasteiger partial charge in [0, 0.05) is 24.9 Å². The summed E-state index contributed by atoms with van der Waals surface area (Å²) in [5.74, 6) is 0.648. The van der Waals surface area contributed by atoms with Crippen molar-refractivity contribution in [3.8, 4) is 5.82 Å². The Balaban J connectivity index is 2.56. The summed E-state index contributed by atoms with van der Waals surface area (Å²) in [6.45, 7) is 1.84. The molecule has 2 aromatic heterocycles. The van der Waals surface area contributed by atoms with Crippen LogP contribution in [0.4, 0.5) is 13.2 Å². The average molecular weight is 277 g/mol. The van der Waals surface area contributed by atoms with Crippen LogP contribution in [0, 0.1) is 0 Å². The maximum absolute atomic E-state index is 12.6. The first kappa shape index (κ1) is 12.8. The monoisotopic (exact) mass is 276 g/mol. The van der Waals surface area contributed by atoms with Crippen LogP contribution in [0.1, 0.15) is 18.4 Å². The van der Waals surface area contributed by atoms with Crippen LogP contribution in [-0.4, -0.2) is 19.5 Å². The van der Waals surface area contributed by atoms with Crippen molar-refractivity contribution in [2.24, 2.45) is 0 Å². The van der Waals surface area contributed by atoms with Crippen molar-refractivity contribution >= 4 is 11.6 Å². The number of nitrogens with zero attached hydrogens (tertiary/aromatic N) is 4. The second-order valence-corrected chi connectivity index (χ2v) is 3.78. The zero-order chi connectivity index (χ0) is 13.3. The largest absolute Gasteiger partial charge is 0.433 e. The van der Waals surface area contributed by atoms with Gasteiger partial charge < -0.3 is 0 Å². The predicted molar refractivity (Wildman–Crippen MR) is 58.5 cm³/mol. The molecule has 0 spiro atoms. The second kappa shape index (κ2) is 4.56. The van der Waals surface area contributed by atoms with Gasteiger partial charge in [0.05, 0.1) is 0 Å². The molecule has 0 aliphatic carbocycles. The lowest BCUT2D eigenvalue weighted by molar-refractivity contribution is -0.141. The highest BCUT2D eigenvalue weighted by atomic mass is 35.5. The number of hydrogen-bond acceptors (Lipinski definition) is 3. The summed E-state index contributed by atoms with van der Waals surface area (Å²) in [6.07, 6.45) is -0.982. The molecule has 0 saturated heterocycles. The molecule has 18 heavy (non-hydrogen) atoms. The van der Waals surface area contributed by atoms with E-state index < -0.39 is 17.2 Å². The van der Waals surface area contributed by atoms with Crippen LogP contribution in [0.25, 0.3) is 5.82 Å². The van der Waals surface area contributed by atoms with E-state index in [4.69, 9.17) is 11.6 Å². The van der Waals surface area contributed by atoms with Crippen molar-refractivity contribution in [2.45, 2.75) is 19.5 Å². The van der Waals surface area contributed by atoms with Crippen LogP contribution in [0.2, 0.25) is 5.28 Å². The van der Waals surface area contributed by atoms with Crippen LogP contribution < -0.4 is 0 Å². The van der Waals surface area contributed by atoms with Crippen molar-refractivity contribution in [2.75, 3.05) is 0 Å². The summed E-state index contributed by atoms with van der Waals surface area (Å²) in [7, 11) is 0. The minimum atomic E-state index is -4.56. The zero-order valence-corrected chi connectivity index (χ0v) is 10.00. The van der Waals surface area contributed by atoms with E-state index in [9.17, 15) is 13.2 Å². The molecule has 0 N–H and O–H groups in total. The molecular formula is C10H8ClF3N4. The Morgan fingerprint density at radius 1 is 1.33 bits per heavy atom. The molecule has 0 aliphatic heterocycles. The average Bonchev–Trinajstić information content (AvgIpc) is 2.74. The third-order valence-corrected chi connectivity index (χ3v) is 2.43. The molecule has 8 heteroatoms. The highest BCUT2D eigenvalue weighted by Crippen LogP contribution is 2.29. The van der Waals surface area contributed by atoms with Crippen LogP contribution in [0.5, 0.6) is 0 Å². The SMILES string of the molecule is CCc1nccn1-c1cc(C(F)(F)F)nc(Cl)n1. The topological polar surface area (TPSA) is 43.6 Å². The van der Waals surface area contributed by atoms with Gasteiger partial charge in [0.25, 0.3) is 0 Å². The first-order valence-corrected chi connectivity index (χ1v) is 5.44. The lowest BCUT2D eigenvalue weighted by Crippen LogP contribution is -2.11. The molecule has 2 rings (SSSR count). The van der Waals surface area contributed by atoms with Gasteiger partial charge in [0.15, 0.2) is 5.69 Å². The molecule has 4 nitrogen and oxygen atoms in total. The summed E-state index contributed by atoms with van der Waals surface area (Å²) in [4.78, 5) is 11.0. The van der Waals surface area contributed by atoms with Crippen LogP contribution >= 0.6 is 11.6 Å². The van der Waals surface area contributed by atoms with Crippen LogP contribution in [-0.2, 0) is 12.6 Å². The third-order valence-electron chi connectivity index (χ3n) is 2.26. The molecule has 0 aromatic carbocycles. The lowest BCUT2D eigenvalue weighted by atomic mass is 10.3. The number of alkyl halides is 3. The normalized spacial score (nSPS) is 11.8. The Bertz CT molecular complexity index is 564. The number of hydrogen-bond donors (Lipinski definition) is 0. The van der Waals surface area contributed by atoms with E-state index in [1.54, 1.807) is 0 Å². The quantitative estimate of drug-likeness (QED) is 0.792. The van der Waals surface area contributed by atoms with Gasteiger partial charge in [-0.2, -0.15) is 18.2 Å². The van der Waals surface area contributed by atoms with E-state index in [2.05, 4.69) is 15.0 Å². The summed E-state index contributed by atoms with van der Waals surface area (Å²) < 4.78 is 39.2. The number of aryl methyl sites for hydroxylation is 1. The van der Waals surface area contributed by atoms with Crippen molar-refractivity contribution in [3.05, 3.63) is 35.3 Å². The minimum absolute atomic E-state index is 0.0525. The van der Waals surface area contributed by atoms with E-state index >= 15 is 0 Å². The Morgan fingerprint density at radius 3 is 2.67 bits per heavy atom. The van der Waals surface area contributed by atoms with Crippen molar-refractivity contribution in [1.29, 1.82) is 0 Å². The van der Waals surface area contributed by atoms with Gasteiger partial charge in [-0.05, 0) is 11.6 Å². The van der Waals surface area contributed by atoms with Gasteiger partial charge in [-0.25, -0.2) is 9.97 Å². The Labute approximate surface area is 105 Å². The maximum Gasteiger partial charge on any atom is 0.433 e. The highest BCUT2D eigenvalue weighted by Gasteiger charge is 2.33. The third kappa shape index (κ3) is 2.45. The molecule has 0 saturated carbocycles. The fourth-order valence-corrected chi connectivity index (χ4v) is 1.66. The molecule has 0 fully saturated rings. The summed E-state index contributed by atoms with van der Waals surface area (Å²) in [6, 6.07) is 0.840. The van der Waals surface area contributed by atoms with E-state index in [0.717, 1.165) is 6.07 Å². The van der Waals surface area contributed by atoms with Crippen molar-refractivity contribution in [3.63, 3.8) is 0 Å². The van der Waals surface area contributed by atoms with Gasteiger partial charge >= 0.3 is 6.18 Å².